The Bertz CT molecular complexity index is 836. The van der Waals surface area contributed by atoms with Crippen LogP contribution in [0.1, 0.15) is 35.3 Å². The highest BCUT2D eigenvalue weighted by Gasteiger charge is 2.29. The lowest BCUT2D eigenvalue weighted by Gasteiger charge is -2.11. The van der Waals surface area contributed by atoms with Gasteiger partial charge in [0.1, 0.15) is 16.8 Å². The maximum Gasteiger partial charge on any atom is 0.339 e. The van der Waals surface area contributed by atoms with E-state index in [-0.39, 0.29) is 17.2 Å². The van der Waals surface area contributed by atoms with Gasteiger partial charge in [-0.25, -0.2) is 9.78 Å². The average Bonchev–Trinajstić information content (AvgIpc) is 3.21. The van der Waals surface area contributed by atoms with Crippen molar-refractivity contribution < 1.29 is 19.0 Å². The van der Waals surface area contributed by atoms with Gasteiger partial charge in [-0.1, -0.05) is 11.3 Å². The molecule has 0 amide bonds. The summed E-state index contributed by atoms with van der Waals surface area (Å²) in [4.78, 5) is 16.4. The summed E-state index contributed by atoms with van der Waals surface area (Å²) in [5.41, 5.74) is 1.96. The van der Waals surface area contributed by atoms with Crippen LogP contribution in [-0.2, 0) is 11.2 Å². The Hall–Kier alpha value is -2.59. The first kappa shape index (κ1) is 16.3. The molecule has 3 rings (SSSR count). The van der Waals surface area contributed by atoms with Crippen LogP contribution < -0.4 is 9.47 Å². The zero-order valence-corrected chi connectivity index (χ0v) is 14.4. The highest BCUT2D eigenvalue weighted by atomic mass is 32.1. The molecule has 0 N–H and O–H groups in total. The molecule has 1 aromatic carbocycles. The highest BCUT2D eigenvalue weighted by molar-refractivity contribution is 7.16. The third-order valence-corrected chi connectivity index (χ3v) is 4.48. The molecule has 24 heavy (non-hydrogen) atoms. The fourth-order valence-electron chi connectivity index (χ4n) is 2.63. The number of ether oxygens (including phenoxy) is 3. The summed E-state index contributed by atoms with van der Waals surface area (Å²) < 4.78 is 16.2. The molecular weight excluding hydrogens is 328 g/mol. The van der Waals surface area contributed by atoms with E-state index < -0.39 is 5.97 Å². The number of carbonyl (C=O) groups is 1. The van der Waals surface area contributed by atoms with Crippen LogP contribution in [0.3, 0.4) is 0 Å². The second-order valence-corrected chi connectivity index (χ2v) is 6.50. The maximum atomic E-state index is 12.1. The molecule has 2 aromatic rings. The van der Waals surface area contributed by atoms with Gasteiger partial charge in [0.25, 0.3) is 0 Å². The Labute approximate surface area is 143 Å². The molecule has 0 saturated carbocycles. The minimum absolute atomic E-state index is 0.0524. The summed E-state index contributed by atoms with van der Waals surface area (Å²) in [6.45, 7) is 4.35. The molecule has 124 valence electrons. The SMILES string of the molecule is COC(=O)c1c(C#N)cc(-c2ncc(OC(C)C)s2)c2c1CCO2. The van der Waals surface area contributed by atoms with Gasteiger partial charge in [-0.15, -0.1) is 0 Å². The topological polar surface area (TPSA) is 81.4 Å². The second kappa shape index (κ2) is 6.49. The zero-order chi connectivity index (χ0) is 17.3. The van der Waals surface area contributed by atoms with E-state index in [1.165, 1.54) is 18.4 Å². The number of fused-ring (bicyclic) bond motifs is 1. The van der Waals surface area contributed by atoms with Crippen molar-refractivity contribution in [1.82, 2.24) is 4.98 Å². The van der Waals surface area contributed by atoms with Crippen molar-refractivity contribution >= 4 is 17.3 Å². The summed E-state index contributed by atoms with van der Waals surface area (Å²) in [6.07, 6.45) is 2.27. The normalized spacial score (nSPS) is 12.5. The standard InChI is InChI=1S/C17H16N2O4S/c1-9(2)23-13-8-19-16(24-13)12-6-10(7-18)14(17(20)21-3)11-4-5-22-15(11)12/h6,8-9H,4-5H2,1-3H3. The van der Waals surface area contributed by atoms with Crippen molar-refractivity contribution in [2.75, 3.05) is 13.7 Å². The van der Waals surface area contributed by atoms with Crippen LogP contribution in [0.4, 0.5) is 0 Å². The molecule has 0 saturated heterocycles. The predicted octanol–water partition coefficient (Wildman–Crippen LogP) is 3.19. The lowest BCUT2D eigenvalue weighted by Crippen LogP contribution is -2.08. The number of thiazole rings is 1. The molecule has 0 aliphatic carbocycles. The van der Waals surface area contributed by atoms with Crippen molar-refractivity contribution in [1.29, 1.82) is 5.26 Å². The van der Waals surface area contributed by atoms with Gasteiger partial charge in [0.2, 0.25) is 0 Å². The molecule has 2 heterocycles. The number of nitrogens with zero attached hydrogens (tertiary/aromatic N) is 2. The Balaban J connectivity index is 2.13. The average molecular weight is 344 g/mol. The molecule has 7 heteroatoms. The molecule has 1 aromatic heterocycles. The molecule has 0 atom stereocenters. The number of benzene rings is 1. The number of aromatic nitrogens is 1. The molecule has 6 nitrogen and oxygen atoms in total. The summed E-state index contributed by atoms with van der Waals surface area (Å²) in [5, 5.41) is 10.8. The van der Waals surface area contributed by atoms with Gasteiger partial charge in [0.05, 0.1) is 42.7 Å². The summed E-state index contributed by atoms with van der Waals surface area (Å²) >= 11 is 1.38. The highest BCUT2D eigenvalue weighted by Crippen LogP contribution is 2.43. The monoisotopic (exact) mass is 344 g/mol. The van der Waals surface area contributed by atoms with E-state index in [1.54, 1.807) is 12.3 Å². The Morgan fingerprint density at radius 2 is 2.29 bits per heavy atom. The van der Waals surface area contributed by atoms with Crippen LogP contribution in [0.15, 0.2) is 12.3 Å². The van der Waals surface area contributed by atoms with Gasteiger partial charge in [0.15, 0.2) is 5.06 Å². The number of rotatable bonds is 4. The van der Waals surface area contributed by atoms with Crippen LogP contribution >= 0.6 is 11.3 Å². The molecule has 0 spiro atoms. The zero-order valence-electron chi connectivity index (χ0n) is 13.6. The minimum atomic E-state index is -0.525. The number of methoxy groups -OCH3 is 1. The van der Waals surface area contributed by atoms with E-state index in [1.807, 2.05) is 13.8 Å². The number of hydrogen-bond donors (Lipinski definition) is 0. The molecule has 0 fully saturated rings. The quantitative estimate of drug-likeness (QED) is 0.792. The van der Waals surface area contributed by atoms with Crippen molar-refractivity contribution in [2.45, 2.75) is 26.4 Å². The van der Waals surface area contributed by atoms with Gasteiger partial charge >= 0.3 is 5.97 Å². The van der Waals surface area contributed by atoms with Crippen molar-refractivity contribution in [3.8, 4) is 27.5 Å². The van der Waals surface area contributed by atoms with Crippen LogP contribution in [0, 0.1) is 11.3 Å². The molecular formula is C17H16N2O4S. The lowest BCUT2D eigenvalue weighted by molar-refractivity contribution is 0.0599. The van der Waals surface area contributed by atoms with Crippen LogP contribution in [-0.4, -0.2) is 30.8 Å². The Kier molecular flexibility index (Phi) is 4.40. The van der Waals surface area contributed by atoms with E-state index in [9.17, 15) is 10.1 Å². The minimum Gasteiger partial charge on any atom is -0.492 e. The van der Waals surface area contributed by atoms with E-state index >= 15 is 0 Å². The first-order valence-electron chi connectivity index (χ1n) is 7.49. The molecule has 1 aliphatic heterocycles. The molecule has 0 radical (unpaired) electrons. The first-order valence-corrected chi connectivity index (χ1v) is 8.30. The van der Waals surface area contributed by atoms with Crippen LogP contribution in [0.25, 0.3) is 10.6 Å². The third-order valence-electron chi connectivity index (χ3n) is 3.55. The smallest absolute Gasteiger partial charge is 0.339 e. The van der Waals surface area contributed by atoms with Gasteiger partial charge in [-0.3, -0.25) is 0 Å². The molecule has 0 unspecified atom stereocenters. The lowest BCUT2D eigenvalue weighted by atomic mass is 9.96. The Morgan fingerprint density at radius 1 is 1.50 bits per heavy atom. The van der Waals surface area contributed by atoms with Gasteiger partial charge in [-0.2, -0.15) is 5.26 Å². The fourth-order valence-corrected chi connectivity index (χ4v) is 3.54. The van der Waals surface area contributed by atoms with E-state index in [0.717, 1.165) is 0 Å². The largest absolute Gasteiger partial charge is 0.492 e. The first-order chi connectivity index (χ1) is 11.5. The fraction of sp³-hybridized carbons (Fsp3) is 0.353. The number of carbonyl (C=O) groups excluding carboxylic acids is 1. The van der Waals surface area contributed by atoms with Crippen molar-refractivity contribution in [2.24, 2.45) is 0 Å². The van der Waals surface area contributed by atoms with Crippen LogP contribution in [0.2, 0.25) is 0 Å². The van der Waals surface area contributed by atoms with Gasteiger partial charge in [-0.05, 0) is 19.9 Å². The number of nitriles is 1. The number of hydrogen-bond acceptors (Lipinski definition) is 7. The number of esters is 1. The van der Waals surface area contributed by atoms with E-state index in [2.05, 4.69) is 11.1 Å². The third kappa shape index (κ3) is 2.81. The predicted molar refractivity (Wildman–Crippen MR) is 88.6 cm³/mol. The van der Waals surface area contributed by atoms with Crippen LogP contribution in [0.5, 0.6) is 10.8 Å². The van der Waals surface area contributed by atoms with E-state index in [4.69, 9.17) is 14.2 Å². The van der Waals surface area contributed by atoms with E-state index in [0.29, 0.717) is 40.0 Å². The van der Waals surface area contributed by atoms with Gasteiger partial charge in [0, 0.05) is 12.0 Å². The summed E-state index contributed by atoms with van der Waals surface area (Å²) in [7, 11) is 1.30. The maximum absolute atomic E-state index is 12.1. The molecule has 0 bridgehead atoms. The van der Waals surface area contributed by atoms with Crippen molar-refractivity contribution in [3.05, 3.63) is 29.0 Å². The summed E-state index contributed by atoms with van der Waals surface area (Å²) in [6, 6.07) is 3.71. The van der Waals surface area contributed by atoms with Crippen molar-refractivity contribution in [3.63, 3.8) is 0 Å². The Morgan fingerprint density at radius 3 is 2.96 bits per heavy atom. The van der Waals surface area contributed by atoms with Gasteiger partial charge < -0.3 is 14.2 Å². The summed E-state index contributed by atoms with van der Waals surface area (Å²) in [5.74, 6) is 0.0719. The second-order valence-electron chi connectivity index (χ2n) is 5.51. The molecule has 1 aliphatic rings.